The summed E-state index contributed by atoms with van der Waals surface area (Å²) in [4.78, 5) is 8.64. The number of aromatic nitrogens is 5. The lowest BCUT2D eigenvalue weighted by Crippen LogP contribution is -2.32. The number of rotatable bonds is 6. The van der Waals surface area contributed by atoms with Crippen LogP contribution in [-0.2, 0) is 20.0 Å². The number of nitrogens with one attached hydrogen (secondary N) is 1. The molecule has 2 rings (SSSR count). The lowest BCUT2D eigenvalue weighted by atomic mass is 10.2. The summed E-state index contributed by atoms with van der Waals surface area (Å²) in [5.41, 5.74) is 2.80. The Morgan fingerprint density at radius 3 is 2.74 bits per heavy atom. The second-order valence-electron chi connectivity index (χ2n) is 5.07. The average Bonchev–Trinajstić information content (AvgIpc) is 2.95. The van der Waals surface area contributed by atoms with E-state index >= 15 is 0 Å². The second-order valence-corrected chi connectivity index (χ2v) is 5.07. The minimum absolute atomic E-state index is 0.0740. The van der Waals surface area contributed by atoms with Gasteiger partial charge < -0.3 is 4.57 Å². The molecule has 0 aliphatic rings. The van der Waals surface area contributed by atoms with Crippen LogP contribution in [-0.4, -0.2) is 24.3 Å². The van der Waals surface area contributed by atoms with Crippen LogP contribution in [0.4, 0.5) is 0 Å². The Morgan fingerprint density at radius 2 is 2.16 bits per heavy atom. The molecule has 7 nitrogen and oxygen atoms in total. The largest absolute Gasteiger partial charge is 0.337 e. The topological polar surface area (TPSA) is 86.6 Å². The number of nitrogens with zero attached hydrogens (tertiary/aromatic N) is 5. The van der Waals surface area contributed by atoms with Gasteiger partial charge in [-0.3, -0.25) is 5.84 Å². The van der Waals surface area contributed by atoms with E-state index in [0.717, 1.165) is 18.2 Å². The van der Waals surface area contributed by atoms with Gasteiger partial charge in [0.05, 0.1) is 6.04 Å². The molecule has 0 aliphatic carbocycles. The molecule has 7 heteroatoms. The molecule has 1 unspecified atom stereocenters. The Balaban J connectivity index is 2.15. The van der Waals surface area contributed by atoms with Crippen molar-refractivity contribution < 1.29 is 0 Å². The monoisotopic (exact) mass is 263 g/mol. The van der Waals surface area contributed by atoms with Gasteiger partial charge in [0.25, 0.3) is 0 Å². The molecule has 0 saturated carbocycles. The Hall–Kier alpha value is -1.73. The summed E-state index contributed by atoms with van der Waals surface area (Å²) in [6, 6.07) is -0.0740. The van der Waals surface area contributed by atoms with Crippen molar-refractivity contribution >= 4 is 0 Å². The summed E-state index contributed by atoms with van der Waals surface area (Å²) < 4.78 is 3.88. The Morgan fingerprint density at radius 1 is 1.37 bits per heavy atom. The minimum atomic E-state index is -0.0740. The van der Waals surface area contributed by atoms with E-state index in [1.54, 1.807) is 12.5 Å². The first-order valence-electron chi connectivity index (χ1n) is 6.41. The van der Waals surface area contributed by atoms with E-state index < -0.39 is 0 Å². The van der Waals surface area contributed by atoms with Crippen LogP contribution < -0.4 is 11.3 Å². The van der Waals surface area contributed by atoms with Gasteiger partial charge in [0.1, 0.15) is 18.0 Å². The van der Waals surface area contributed by atoms with Crippen molar-refractivity contribution in [2.24, 2.45) is 18.8 Å². The summed E-state index contributed by atoms with van der Waals surface area (Å²) in [5, 5.41) is 4.26. The van der Waals surface area contributed by atoms with Crippen LogP contribution in [0.3, 0.4) is 0 Å². The van der Waals surface area contributed by atoms with Crippen molar-refractivity contribution in [3.05, 3.63) is 30.4 Å². The zero-order chi connectivity index (χ0) is 13.8. The first kappa shape index (κ1) is 13.7. The smallest absolute Gasteiger partial charge is 0.138 e. The molecule has 2 aromatic rings. The van der Waals surface area contributed by atoms with Gasteiger partial charge in [-0.15, -0.1) is 0 Å². The van der Waals surface area contributed by atoms with E-state index in [1.807, 2.05) is 22.5 Å². The van der Waals surface area contributed by atoms with Crippen molar-refractivity contribution in [2.75, 3.05) is 0 Å². The Kier molecular flexibility index (Phi) is 4.28. The fourth-order valence-electron chi connectivity index (χ4n) is 2.06. The maximum atomic E-state index is 5.64. The molecule has 104 valence electrons. The van der Waals surface area contributed by atoms with Crippen LogP contribution in [0.15, 0.2) is 18.7 Å². The molecule has 0 amide bonds. The quantitative estimate of drug-likeness (QED) is 0.582. The maximum absolute atomic E-state index is 5.64. The molecule has 2 aromatic heterocycles. The van der Waals surface area contributed by atoms with Gasteiger partial charge in [0.15, 0.2) is 0 Å². The zero-order valence-corrected chi connectivity index (χ0v) is 11.6. The van der Waals surface area contributed by atoms with E-state index in [9.17, 15) is 0 Å². The summed E-state index contributed by atoms with van der Waals surface area (Å²) in [5.74, 6) is 7.97. The van der Waals surface area contributed by atoms with Gasteiger partial charge in [0.2, 0.25) is 0 Å². The molecule has 0 fully saturated rings. The SMILES string of the molecule is CC(C)Cn1ncnc1CC(NN)c1nccn1C. The molecule has 1 atom stereocenters. The number of hydrogen-bond donors (Lipinski definition) is 2. The van der Waals surface area contributed by atoms with Gasteiger partial charge in [-0.2, -0.15) is 5.10 Å². The van der Waals surface area contributed by atoms with Crippen LogP contribution in [0.5, 0.6) is 0 Å². The van der Waals surface area contributed by atoms with Crippen molar-refractivity contribution in [1.29, 1.82) is 0 Å². The first-order valence-corrected chi connectivity index (χ1v) is 6.41. The van der Waals surface area contributed by atoms with Crippen LogP contribution in [0.1, 0.15) is 31.5 Å². The van der Waals surface area contributed by atoms with Crippen molar-refractivity contribution in [1.82, 2.24) is 29.7 Å². The van der Waals surface area contributed by atoms with Gasteiger partial charge in [-0.25, -0.2) is 20.1 Å². The summed E-state index contributed by atoms with van der Waals surface area (Å²) in [6.45, 7) is 5.17. The van der Waals surface area contributed by atoms with Gasteiger partial charge >= 0.3 is 0 Å². The minimum Gasteiger partial charge on any atom is -0.337 e. The predicted molar refractivity (Wildman–Crippen MR) is 71.8 cm³/mol. The lowest BCUT2D eigenvalue weighted by molar-refractivity contribution is 0.437. The zero-order valence-electron chi connectivity index (χ0n) is 11.6. The molecule has 0 bridgehead atoms. The summed E-state index contributed by atoms with van der Waals surface area (Å²) >= 11 is 0. The third-order valence-corrected chi connectivity index (χ3v) is 2.99. The van der Waals surface area contributed by atoms with Crippen LogP contribution in [0, 0.1) is 5.92 Å². The predicted octanol–water partition coefficient (Wildman–Crippen LogP) is 0.415. The average molecular weight is 263 g/mol. The summed E-state index contributed by atoms with van der Waals surface area (Å²) in [6.07, 6.45) is 5.91. The third kappa shape index (κ3) is 3.18. The number of imidazole rings is 1. The Bertz CT molecular complexity index is 514. The molecule has 19 heavy (non-hydrogen) atoms. The molecule has 3 N–H and O–H groups in total. The molecule has 0 spiro atoms. The van der Waals surface area contributed by atoms with Gasteiger partial charge in [-0.05, 0) is 5.92 Å². The van der Waals surface area contributed by atoms with Crippen molar-refractivity contribution in [3.63, 3.8) is 0 Å². The molecule has 2 heterocycles. The van der Waals surface area contributed by atoms with Crippen LogP contribution >= 0.6 is 0 Å². The summed E-state index contributed by atoms with van der Waals surface area (Å²) in [7, 11) is 1.95. The van der Waals surface area contributed by atoms with E-state index in [4.69, 9.17) is 5.84 Å². The Labute approximate surface area is 112 Å². The number of aryl methyl sites for hydroxylation is 1. The first-order chi connectivity index (χ1) is 9.11. The molecule has 0 aromatic carbocycles. The van der Waals surface area contributed by atoms with E-state index in [2.05, 4.69) is 34.3 Å². The maximum Gasteiger partial charge on any atom is 0.138 e. The highest BCUT2D eigenvalue weighted by atomic mass is 15.3. The number of hydrazine groups is 1. The molecular weight excluding hydrogens is 242 g/mol. The number of hydrogen-bond acceptors (Lipinski definition) is 5. The third-order valence-electron chi connectivity index (χ3n) is 2.99. The van der Waals surface area contributed by atoms with Crippen LogP contribution in [0.25, 0.3) is 0 Å². The van der Waals surface area contributed by atoms with Crippen molar-refractivity contribution in [3.8, 4) is 0 Å². The fourth-order valence-corrected chi connectivity index (χ4v) is 2.06. The van der Waals surface area contributed by atoms with E-state index in [-0.39, 0.29) is 6.04 Å². The highest BCUT2D eigenvalue weighted by molar-refractivity contribution is 5.02. The highest BCUT2D eigenvalue weighted by Gasteiger charge is 2.18. The molecular formula is C12H21N7. The van der Waals surface area contributed by atoms with E-state index in [0.29, 0.717) is 12.3 Å². The number of nitrogens with two attached hydrogens (primary N) is 1. The highest BCUT2D eigenvalue weighted by Crippen LogP contribution is 2.14. The van der Waals surface area contributed by atoms with Gasteiger partial charge in [0, 0.05) is 32.4 Å². The normalized spacial score (nSPS) is 13.1. The lowest BCUT2D eigenvalue weighted by Gasteiger charge is -2.16. The van der Waals surface area contributed by atoms with Crippen LogP contribution in [0.2, 0.25) is 0 Å². The van der Waals surface area contributed by atoms with Crippen molar-refractivity contribution in [2.45, 2.75) is 32.9 Å². The molecule has 0 radical (unpaired) electrons. The van der Waals surface area contributed by atoms with Gasteiger partial charge in [-0.1, -0.05) is 13.8 Å². The second kappa shape index (κ2) is 5.94. The molecule has 0 saturated heterocycles. The fraction of sp³-hybridized carbons (Fsp3) is 0.583. The standard InChI is InChI=1S/C12H21N7/c1-9(2)7-19-11(15-8-16-19)6-10(17-13)12-14-4-5-18(12)3/h4-5,8-10,17H,6-7,13H2,1-3H3. The molecule has 0 aliphatic heterocycles. The van der Waals surface area contributed by atoms with E-state index in [1.165, 1.54) is 0 Å².